The number of nitrogens with one attached hydrogen (secondary N) is 2. The number of fused-ring (bicyclic) bond motifs is 1. The van der Waals surface area contributed by atoms with Crippen LogP contribution in [0.15, 0.2) is 29.2 Å². The number of benzene rings is 1. The van der Waals surface area contributed by atoms with E-state index in [0.717, 1.165) is 25.2 Å². The molecule has 28 heavy (non-hydrogen) atoms. The van der Waals surface area contributed by atoms with Crippen LogP contribution in [0.3, 0.4) is 0 Å². The van der Waals surface area contributed by atoms with E-state index in [2.05, 4.69) is 20.8 Å². The Balaban J connectivity index is 1.68. The molecule has 1 aromatic carbocycles. The first kappa shape index (κ1) is 20.2. The van der Waals surface area contributed by atoms with Gasteiger partial charge in [-0.05, 0) is 30.5 Å². The largest absolute Gasteiger partial charge is 0.338 e. The normalized spacial score (nSPS) is 14.2. The van der Waals surface area contributed by atoms with Crippen LogP contribution >= 0.6 is 11.8 Å². The molecule has 0 aliphatic carbocycles. The number of carbonyl (C=O) groups excluding carboxylic acids is 2. The molecule has 0 bridgehead atoms. The Labute approximate surface area is 165 Å². The van der Waals surface area contributed by atoms with Gasteiger partial charge in [0.2, 0.25) is 0 Å². The zero-order valence-electron chi connectivity index (χ0n) is 15.5. The van der Waals surface area contributed by atoms with Gasteiger partial charge in [0, 0.05) is 23.5 Å². The number of hydrogen-bond acceptors (Lipinski definition) is 5. The lowest BCUT2D eigenvalue weighted by atomic mass is 10.0. The first-order valence-corrected chi connectivity index (χ1v) is 9.82. The molecular formula is C18H21F2N5O2S. The summed E-state index contributed by atoms with van der Waals surface area (Å²) in [6, 6.07) is 5.51. The number of rotatable bonds is 6. The van der Waals surface area contributed by atoms with E-state index in [1.54, 1.807) is 0 Å². The van der Waals surface area contributed by atoms with E-state index < -0.39 is 23.6 Å². The van der Waals surface area contributed by atoms with Crippen LogP contribution in [0.4, 0.5) is 14.5 Å². The second-order valence-electron chi connectivity index (χ2n) is 6.79. The highest BCUT2D eigenvalue weighted by atomic mass is 32.2. The SMILES string of the molecule is CC(C)[C@H](NC(=O)C(=O)Nc1cccc(SC(F)F)c1)c1nnc2n1CCC2. The smallest absolute Gasteiger partial charge is 0.313 e. The molecule has 0 radical (unpaired) electrons. The molecule has 1 atom stereocenters. The quantitative estimate of drug-likeness (QED) is 0.566. The maximum absolute atomic E-state index is 12.5. The lowest BCUT2D eigenvalue weighted by Gasteiger charge is -2.21. The Morgan fingerprint density at radius 2 is 2.00 bits per heavy atom. The molecule has 2 N–H and O–H groups in total. The standard InChI is InChI=1S/C18H21F2N5O2S/c1-10(2)14(15-24-23-13-7-4-8-25(13)15)22-17(27)16(26)21-11-5-3-6-12(9-11)28-18(19)20/h3,5-6,9-10,14,18H,4,7-8H2,1-2H3,(H,21,26)(H,22,27)/t14-/m0/s1. The van der Waals surface area contributed by atoms with Gasteiger partial charge in [0.1, 0.15) is 5.82 Å². The van der Waals surface area contributed by atoms with Crippen LogP contribution in [-0.4, -0.2) is 32.3 Å². The summed E-state index contributed by atoms with van der Waals surface area (Å²) in [5.74, 6) is -2.74. The molecule has 7 nitrogen and oxygen atoms in total. The van der Waals surface area contributed by atoms with Crippen molar-refractivity contribution in [1.82, 2.24) is 20.1 Å². The summed E-state index contributed by atoms with van der Waals surface area (Å²) in [4.78, 5) is 25.0. The van der Waals surface area contributed by atoms with Gasteiger partial charge in [-0.3, -0.25) is 9.59 Å². The predicted octanol–water partition coefficient (Wildman–Crippen LogP) is 2.99. The number of amides is 2. The fourth-order valence-corrected chi connectivity index (χ4v) is 3.63. The van der Waals surface area contributed by atoms with Crippen molar-refractivity contribution in [2.24, 2.45) is 5.92 Å². The molecule has 0 unspecified atom stereocenters. The number of aromatic nitrogens is 3. The van der Waals surface area contributed by atoms with Gasteiger partial charge in [-0.2, -0.15) is 8.78 Å². The molecule has 10 heteroatoms. The minimum atomic E-state index is -2.56. The molecule has 2 amide bonds. The second kappa shape index (κ2) is 8.68. The maximum atomic E-state index is 12.5. The molecule has 150 valence electrons. The van der Waals surface area contributed by atoms with Gasteiger partial charge in [-0.15, -0.1) is 10.2 Å². The summed E-state index contributed by atoms with van der Waals surface area (Å²) in [6.07, 6.45) is 1.82. The molecule has 0 fully saturated rings. The average Bonchev–Trinajstić information content (AvgIpc) is 3.22. The van der Waals surface area contributed by atoms with Gasteiger partial charge < -0.3 is 15.2 Å². The molecular weight excluding hydrogens is 388 g/mol. The summed E-state index contributed by atoms with van der Waals surface area (Å²) >= 11 is 0.369. The summed E-state index contributed by atoms with van der Waals surface area (Å²) in [6.45, 7) is 4.63. The van der Waals surface area contributed by atoms with E-state index in [0.29, 0.717) is 22.5 Å². The third-order valence-electron chi connectivity index (χ3n) is 4.39. The molecule has 0 spiro atoms. The number of halogens is 2. The van der Waals surface area contributed by atoms with Crippen molar-refractivity contribution in [3.63, 3.8) is 0 Å². The zero-order valence-corrected chi connectivity index (χ0v) is 16.3. The Kier molecular flexibility index (Phi) is 6.28. The van der Waals surface area contributed by atoms with E-state index in [1.807, 2.05) is 18.4 Å². The molecule has 3 rings (SSSR count). The highest BCUT2D eigenvalue weighted by Gasteiger charge is 2.29. The minimum absolute atomic E-state index is 0.00332. The van der Waals surface area contributed by atoms with Crippen molar-refractivity contribution in [2.45, 2.75) is 49.9 Å². The van der Waals surface area contributed by atoms with Crippen molar-refractivity contribution >= 4 is 29.3 Å². The topological polar surface area (TPSA) is 88.9 Å². The summed E-state index contributed by atoms with van der Waals surface area (Å²) < 4.78 is 27.0. The molecule has 0 saturated carbocycles. The number of alkyl halides is 2. The van der Waals surface area contributed by atoms with Crippen LogP contribution in [0.25, 0.3) is 0 Å². The third-order valence-corrected chi connectivity index (χ3v) is 5.10. The predicted molar refractivity (Wildman–Crippen MR) is 101 cm³/mol. The van der Waals surface area contributed by atoms with Gasteiger partial charge >= 0.3 is 11.8 Å². The summed E-state index contributed by atoms with van der Waals surface area (Å²) in [5.41, 5.74) is 0.273. The van der Waals surface area contributed by atoms with E-state index >= 15 is 0 Å². The summed E-state index contributed by atoms with van der Waals surface area (Å²) in [7, 11) is 0. The van der Waals surface area contributed by atoms with Crippen molar-refractivity contribution < 1.29 is 18.4 Å². The first-order valence-electron chi connectivity index (χ1n) is 8.94. The monoisotopic (exact) mass is 409 g/mol. The molecule has 2 aromatic rings. The highest BCUT2D eigenvalue weighted by Crippen LogP contribution is 2.27. The fraction of sp³-hybridized carbons (Fsp3) is 0.444. The Morgan fingerprint density at radius 3 is 2.71 bits per heavy atom. The molecule has 1 aliphatic heterocycles. The van der Waals surface area contributed by atoms with Crippen LogP contribution in [-0.2, 0) is 22.6 Å². The Hall–Kier alpha value is -2.49. The third kappa shape index (κ3) is 4.67. The fourth-order valence-electron chi connectivity index (χ4n) is 3.08. The van der Waals surface area contributed by atoms with Crippen molar-refractivity contribution in [3.05, 3.63) is 35.9 Å². The van der Waals surface area contributed by atoms with Crippen molar-refractivity contribution in [3.8, 4) is 0 Å². The molecule has 1 aliphatic rings. The molecule has 0 saturated heterocycles. The van der Waals surface area contributed by atoms with Crippen LogP contribution in [0, 0.1) is 5.92 Å². The van der Waals surface area contributed by atoms with E-state index in [9.17, 15) is 18.4 Å². The van der Waals surface area contributed by atoms with Crippen molar-refractivity contribution in [1.29, 1.82) is 0 Å². The van der Waals surface area contributed by atoms with Gasteiger partial charge in [-0.25, -0.2) is 0 Å². The van der Waals surface area contributed by atoms with E-state index in [1.165, 1.54) is 24.3 Å². The number of anilines is 1. The van der Waals surface area contributed by atoms with Crippen LogP contribution in [0.1, 0.15) is 38.0 Å². The zero-order chi connectivity index (χ0) is 20.3. The summed E-state index contributed by atoms with van der Waals surface area (Å²) in [5, 5.41) is 13.5. The molecule has 1 aromatic heterocycles. The average molecular weight is 409 g/mol. The van der Waals surface area contributed by atoms with Gasteiger partial charge in [0.15, 0.2) is 5.82 Å². The van der Waals surface area contributed by atoms with Crippen LogP contribution in [0.5, 0.6) is 0 Å². The maximum Gasteiger partial charge on any atom is 0.313 e. The van der Waals surface area contributed by atoms with E-state index in [4.69, 9.17) is 0 Å². The first-order chi connectivity index (χ1) is 13.3. The van der Waals surface area contributed by atoms with Crippen LogP contribution in [0.2, 0.25) is 0 Å². The number of nitrogens with zero attached hydrogens (tertiary/aromatic N) is 3. The van der Waals surface area contributed by atoms with Gasteiger partial charge in [0.25, 0.3) is 5.76 Å². The number of hydrogen-bond donors (Lipinski definition) is 2. The van der Waals surface area contributed by atoms with Gasteiger partial charge in [-0.1, -0.05) is 31.7 Å². The Bertz CT molecular complexity index is 871. The Morgan fingerprint density at radius 1 is 1.21 bits per heavy atom. The lowest BCUT2D eigenvalue weighted by Crippen LogP contribution is -2.40. The number of aryl methyl sites for hydroxylation is 1. The van der Waals surface area contributed by atoms with E-state index in [-0.39, 0.29) is 11.6 Å². The second-order valence-corrected chi connectivity index (χ2v) is 7.85. The molecule has 2 heterocycles. The number of carbonyl (C=O) groups is 2. The number of thioether (sulfide) groups is 1. The lowest BCUT2D eigenvalue weighted by molar-refractivity contribution is -0.136. The van der Waals surface area contributed by atoms with Gasteiger partial charge in [0.05, 0.1) is 6.04 Å². The van der Waals surface area contributed by atoms with Crippen molar-refractivity contribution in [2.75, 3.05) is 5.32 Å². The minimum Gasteiger partial charge on any atom is -0.338 e. The van der Waals surface area contributed by atoms with Crippen LogP contribution < -0.4 is 10.6 Å². The highest BCUT2D eigenvalue weighted by molar-refractivity contribution is 7.99.